The number of amidine groups is 1. The molecular formula is C38H25N3S. The highest BCUT2D eigenvalue weighted by Crippen LogP contribution is 2.46. The molecule has 0 radical (unpaired) electrons. The fourth-order valence-corrected chi connectivity index (χ4v) is 7.65. The summed E-state index contributed by atoms with van der Waals surface area (Å²) in [4.78, 5) is 6.54. The van der Waals surface area contributed by atoms with Crippen LogP contribution in [0.3, 0.4) is 0 Å². The number of hydrogen-bond donors (Lipinski definition) is 1. The summed E-state index contributed by atoms with van der Waals surface area (Å²) in [6.07, 6.45) is -0.117. The summed E-state index contributed by atoms with van der Waals surface area (Å²) in [5, 5.41) is 10.2. The van der Waals surface area contributed by atoms with Crippen LogP contribution in [-0.4, -0.2) is 10.4 Å². The molecule has 1 aliphatic heterocycles. The standard InChI is InChI=1S/C38H25N3S/c1-2-11-24(12-3-1)25-15-10-16-28(21-25)37-39-35-30-18-7-9-20-34(30)42-36(35)38(40-37)41-32-19-8-6-17-29(32)31-22-26-13-4-5-14-27(26)23-33(31)41/h1-23,38H,(H,39,40). The third-order valence-electron chi connectivity index (χ3n) is 8.42. The predicted molar refractivity (Wildman–Crippen MR) is 178 cm³/mol. The van der Waals surface area contributed by atoms with Gasteiger partial charge in [0.15, 0.2) is 0 Å². The van der Waals surface area contributed by atoms with E-state index in [1.54, 1.807) is 0 Å². The largest absolute Gasteiger partial charge is 0.345 e. The van der Waals surface area contributed by atoms with Crippen LogP contribution in [0.5, 0.6) is 0 Å². The Balaban J connectivity index is 1.31. The van der Waals surface area contributed by atoms with E-state index in [0.29, 0.717) is 0 Å². The molecule has 3 heterocycles. The van der Waals surface area contributed by atoms with Crippen molar-refractivity contribution in [3.63, 3.8) is 0 Å². The second-order valence-corrected chi connectivity index (χ2v) is 12.0. The van der Waals surface area contributed by atoms with Gasteiger partial charge in [0, 0.05) is 26.4 Å². The summed E-state index contributed by atoms with van der Waals surface area (Å²) in [6, 6.07) is 50.0. The zero-order chi connectivity index (χ0) is 27.6. The van der Waals surface area contributed by atoms with E-state index in [0.717, 1.165) is 17.1 Å². The smallest absolute Gasteiger partial charge is 0.143 e. The minimum atomic E-state index is -0.117. The van der Waals surface area contributed by atoms with E-state index in [1.807, 2.05) is 11.3 Å². The first kappa shape index (κ1) is 23.5. The minimum Gasteiger partial charge on any atom is -0.345 e. The third kappa shape index (κ3) is 3.55. The second kappa shape index (κ2) is 9.16. The van der Waals surface area contributed by atoms with Gasteiger partial charge in [-0.3, -0.25) is 0 Å². The predicted octanol–water partition coefficient (Wildman–Crippen LogP) is 10.1. The highest BCUT2D eigenvalue weighted by atomic mass is 32.1. The second-order valence-electron chi connectivity index (χ2n) is 10.9. The summed E-state index contributed by atoms with van der Waals surface area (Å²) in [7, 11) is 0. The van der Waals surface area contributed by atoms with Gasteiger partial charge in [0.25, 0.3) is 0 Å². The van der Waals surface area contributed by atoms with E-state index in [4.69, 9.17) is 4.99 Å². The van der Waals surface area contributed by atoms with Crippen molar-refractivity contribution in [1.82, 2.24) is 9.88 Å². The molecule has 0 spiro atoms. The van der Waals surface area contributed by atoms with Crippen molar-refractivity contribution in [2.24, 2.45) is 4.99 Å². The summed E-state index contributed by atoms with van der Waals surface area (Å²) in [5.74, 6) is 0.889. The number of para-hydroxylation sites is 1. The molecule has 0 aliphatic carbocycles. The number of thiophene rings is 1. The first-order valence-electron chi connectivity index (χ1n) is 14.3. The third-order valence-corrected chi connectivity index (χ3v) is 9.63. The maximum absolute atomic E-state index is 5.31. The monoisotopic (exact) mass is 555 g/mol. The molecule has 42 heavy (non-hydrogen) atoms. The molecule has 1 unspecified atom stereocenters. The van der Waals surface area contributed by atoms with Gasteiger partial charge < -0.3 is 9.88 Å². The maximum Gasteiger partial charge on any atom is 0.143 e. The Morgan fingerprint density at radius 3 is 2.12 bits per heavy atom. The van der Waals surface area contributed by atoms with Gasteiger partial charge in [-0.2, -0.15) is 0 Å². The van der Waals surface area contributed by atoms with E-state index in [2.05, 4.69) is 149 Å². The molecule has 4 heteroatoms. The number of nitrogens with one attached hydrogen (secondary N) is 1. The van der Waals surface area contributed by atoms with Gasteiger partial charge in [0.2, 0.25) is 0 Å². The SMILES string of the molecule is c1ccc(-c2cccc(C3=Nc4c(sc5ccccc45)C(n4c5ccccc5c5cc6ccccc6cc54)N3)c2)cc1. The molecule has 0 saturated heterocycles. The molecule has 2 aromatic heterocycles. The lowest BCUT2D eigenvalue weighted by atomic mass is 10.0. The van der Waals surface area contributed by atoms with Crippen LogP contribution in [0.1, 0.15) is 16.6 Å². The Morgan fingerprint density at radius 1 is 0.548 bits per heavy atom. The number of nitrogens with zero attached hydrogens (tertiary/aromatic N) is 2. The lowest BCUT2D eigenvalue weighted by molar-refractivity contribution is 0.589. The van der Waals surface area contributed by atoms with Crippen LogP contribution in [0.15, 0.2) is 145 Å². The molecule has 1 N–H and O–H groups in total. The normalized spacial score (nSPS) is 14.8. The van der Waals surface area contributed by atoms with Gasteiger partial charge in [-0.25, -0.2) is 4.99 Å². The lowest BCUT2D eigenvalue weighted by Gasteiger charge is -2.28. The number of rotatable bonds is 3. The summed E-state index contributed by atoms with van der Waals surface area (Å²) in [6.45, 7) is 0. The molecule has 6 aromatic carbocycles. The Morgan fingerprint density at radius 2 is 1.24 bits per heavy atom. The molecule has 9 rings (SSSR count). The van der Waals surface area contributed by atoms with Crippen LogP contribution < -0.4 is 5.32 Å². The van der Waals surface area contributed by atoms with Gasteiger partial charge in [0.05, 0.1) is 21.6 Å². The van der Waals surface area contributed by atoms with Gasteiger partial charge in [-0.05, 0) is 52.2 Å². The van der Waals surface area contributed by atoms with Crippen LogP contribution in [0.25, 0.3) is 53.8 Å². The highest BCUT2D eigenvalue weighted by molar-refractivity contribution is 7.19. The average Bonchev–Trinajstić information content (AvgIpc) is 3.59. The number of aromatic nitrogens is 1. The van der Waals surface area contributed by atoms with Gasteiger partial charge >= 0.3 is 0 Å². The fraction of sp³-hybridized carbons (Fsp3) is 0.0263. The van der Waals surface area contributed by atoms with E-state index in [9.17, 15) is 0 Å². The van der Waals surface area contributed by atoms with E-state index in [-0.39, 0.29) is 6.17 Å². The molecule has 0 fully saturated rings. The van der Waals surface area contributed by atoms with Gasteiger partial charge in [-0.15, -0.1) is 11.3 Å². The topological polar surface area (TPSA) is 29.3 Å². The molecule has 1 aliphatic rings. The van der Waals surface area contributed by atoms with Gasteiger partial charge in [-0.1, -0.05) is 109 Å². The first-order chi connectivity index (χ1) is 20.8. The van der Waals surface area contributed by atoms with Crippen LogP contribution in [0.2, 0.25) is 0 Å². The summed E-state index contributed by atoms with van der Waals surface area (Å²) < 4.78 is 3.74. The van der Waals surface area contributed by atoms with Crippen molar-refractivity contribution in [2.45, 2.75) is 6.17 Å². The quantitative estimate of drug-likeness (QED) is 0.231. The van der Waals surface area contributed by atoms with Gasteiger partial charge in [0.1, 0.15) is 12.0 Å². The van der Waals surface area contributed by atoms with Crippen molar-refractivity contribution in [3.8, 4) is 11.1 Å². The number of fused-ring (bicyclic) bond motifs is 7. The summed E-state index contributed by atoms with van der Waals surface area (Å²) in [5.41, 5.74) is 6.94. The number of benzene rings is 6. The maximum atomic E-state index is 5.31. The Hall–Kier alpha value is -5.19. The molecule has 0 bridgehead atoms. The van der Waals surface area contributed by atoms with Crippen molar-refractivity contribution in [1.29, 1.82) is 0 Å². The van der Waals surface area contributed by atoms with Crippen LogP contribution in [0.4, 0.5) is 5.69 Å². The number of aliphatic imine (C=N–C) groups is 1. The number of hydrogen-bond acceptors (Lipinski definition) is 3. The molecule has 0 amide bonds. The summed E-state index contributed by atoms with van der Waals surface area (Å²) >= 11 is 1.83. The highest BCUT2D eigenvalue weighted by Gasteiger charge is 2.30. The van der Waals surface area contributed by atoms with Crippen molar-refractivity contribution in [3.05, 3.63) is 150 Å². The van der Waals surface area contributed by atoms with Crippen LogP contribution >= 0.6 is 11.3 Å². The van der Waals surface area contributed by atoms with E-state index in [1.165, 1.54) is 58.7 Å². The van der Waals surface area contributed by atoms with Crippen LogP contribution in [0, 0.1) is 0 Å². The van der Waals surface area contributed by atoms with E-state index < -0.39 is 0 Å². The lowest BCUT2D eigenvalue weighted by Crippen LogP contribution is -2.35. The van der Waals surface area contributed by atoms with Crippen molar-refractivity contribution < 1.29 is 0 Å². The fourth-order valence-electron chi connectivity index (χ4n) is 6.46. The zero-order valence-corrected chi connectivity index (χ0v) is 23.5. The molecule has 3 nitrogen and oxygen atoms in total. The zero-order valence-electron chi connectivity index (χ0n) is 22.7. The first-order valence-corrected chi connectivity index (χ1v) is 15.1. The molecular weight excluding hydrogens is 531 g/mol. The van der Waals surface area contributed by atoms with Crippen molar-refractivity contribution in [2.75, 3.05) is 0 Å². The Bertz CT molecular complexity index is 2340. The Labute approximate surface area is 247 Å². The molecule has 8 aromatic rings. The molecule has 1 atom stereocenters. The molecule has 198 valence electrons. The molecule has 0 saturated carbocycles. The van der Waals surface area contributed by atoms with Crippen molar-refractivity contribution >= 4 is 65.5 Å². The van der Waals surface area contributed by atoms with Crippen LogP contribution in [-0.2, 0) is 0 Å². The van der Waals surface area contributed by atoms with E-state index >= 15 is 0 Å². The average molecular weight is 556 g/mol. The Kier molecular flexibility index (Phi) is 5.13. The minimum absolute atomic E-state index is 0.117.